The standard InChI is InChI=1S/C11H14ClN5O3/c1-4-6(18)7(19)10(20-4)17-3-14-5-8(12)15-11(13-2)16-9(5)17/h3-4,6-7,10,18-19H,1-2H3,(H,13,15,16)/t4-,6-,7-,10-/m1/s1. The zero-order valence-corrected chi connectivity index (χ0v) is 11.6. The minimum atomic E-state index is -1.06. The number of nitrogens with one attached hydrogen (secondary N) is 1. The first kappa shape index (κ1) is 13.5. The summed E-state index contributed by atoms with van der Waals surface area (Å²) < 4.78 is 7.09. The number of halogens is 1. The third-order valence-corrected chi connectivity index (χ3v) is 3.62. The molecule has 1 aliphatic heterocycles. The first-order valence-corrected chi connectivity index (χ1v) is 6.50. The fourth-order valence-electron chi connectivity index (χ4n) is 2.24. The summed E-state index contributed by atoms with van der Waals surface area (Å²) in [5.74, 6) is 0.338. The lowest BCUT2D eigenvalue weighted by Crippen LogP contribution is -2.30. The summed E-state index contributed by atoms with van der Waals surface area (Å²) in [6.45, 7) is 1.69. The number of nitrogens with zero attached hydrogens (tertiary/aromatic N) is 4. The van der Waals surface area contributed by atoms with Crippen molar-refractivity contribution in [2.75, 3.05) is 12.4 Å². The van der Waals surface area contributed by atoms with Crippen molar-refractivity contribution in [2.45, 2.75) is 31.5 Å². The van der Waals surface area contributed by atoms with Crippen LogP contribution in [-0.2, 0) is 4.74 Å². The molecule has 2 aromatic heterocycles. The number of hydrogen-bond acceptors (Lipinski definition) is 7. The molecule has 1 saturated heterocycles. The van der Waals surface area contributed by atoms with Gasteiger partial charge in [0.2, 0.25) is 5.95 Å². The van der Waals surface area contributed by atoms with Crippen molar-refractivity contribution in [3.63, 3.8) is 0 Å². The van der Waals surface area contributed by atoms with Gasteiger partial charge in [-0.05, 0) is 6.92 Å². The predicted octanol–water partition coefficient (Wildman–Crippen LogP) is 0.160. The van der Waals surface area contributed by atoms with E-state index in [0.717, 1.165) is 0 Å². The molecule has 0 spiro atoms. The minimum absolute atomic E-state index is 0.208. The third kappa shape index (κ3) is 1.92. The van der Waals surface area contributed by atoms with Crippen LogP contribution in [0.3, 0.4) is 0 Å². The van der Waals surface area contributed by atoms with Crippen LogP contribution in [-0.4, -0.2) is 55.1 Å². The number of aliphatic hydroxyl groups excluding tert-OH is 2. The summed E-state index contributed by atoms with van der Waals surface area (Å²) in [7, 11) is 1.67. The van der Waals surface area contributed by atoms with Crippen molar-refractivity contribution in [1.29, 1.82) is 0 Å². The van der Waals surface area contributed by atoms with E-state index in [0.29, 0.717) is 17.1 Å². The van der Waals surface area contributed by atoms with Gasteiger partial charge in [-0.3, -0.25) is 4.57 Å². The van der Waals surface area contributed by atoms with Gasteiger partial charge in [0.1, 0.15) is 17.7 Å². The smallest absolute Gasteiger partial charge is 0.225 e. The first-order valence-electron chi connectivity index (χ1n) is 6.12. The van der Waals surface area contributed by atoms with Gasteiger partial charge in [0, 0.05) is 7.05 Å². The van der Waals surface area contributed by atoms with E-state index in [4.69, 9.17) is 16.3 Å². The van der Waals surface area contributed by atoms with Crippen LogP contribution in [0.15, 0.2) is 6.33 Å². The number of rotatable bonds is 2. The lowest BCUT2D eigenvalue weighted by atomic mass is 10.1. The summed E-state index contributed by atoms with van der Waals surface area (Å²) in [5, 5.41) is 22.8. The Kier molecular flexibility index (Phi) is 3.25. The van der Waals surface area contributed by atoms with Gasteiger partial charge in [-0.25, -0.2) is 4.98 Å². The second kappa shape index (κ2) is 4.81. The molecule has 0 saturated carbocycles. The number of anilines is 1. The van der Waals surface area contributed by atoms with E-state index in [2.05, 4.69) is 20.3 Å². The van der Waals surface area contributed by atoms with Crippen molar-refractivity contribution in [3.05, 3.63) is 11.5 Å². The Morgan fingerprint density at radius 3 is 2.70 bits per heavy atom. The van der Waals surface area contributed by atoms with Gasteiger partial charge in [0.15, 0.2) is 17.0 Å². The number of ether oxygens (including phenoxy) is 1. The Morgan fingerprint density at radius 1 is 1.35 bits per heavy atom. The fourth-order valence-corrected chi connectivity index (χ4v) is 2.45. The van der Waals surface area contributed by atoms with E-state index >= 15 is 0 Å². The van der Waals surface area contributed by atoms with E-state index in [1.807, 2.05) is 0 Å². The number of fused-ring (bicyclic) bond motifs is 1. The predicted molar refractivity (Wildman–Crippen MR) is 71.5 cm³/mol. The largest absolute Gasteiger partial charge is 0.388 e. The summed E-state index contributed by atoms with van der Waals surface area (Å²) in [6, 6.07) is 0. The molecule has 3 N–H and O–H groups in total. The molecule has 4 atom stereocenters. The van der Waals surface area contributed by atoms with Crippen LogP contribution in [0, 0.1) is 0 Å². The molecular formula is C11H14ClN5O3. The SMILES string of the molecule is CNc1nc(Cl)c2ncn([C@@H]3O[C@H](C)[C@@H](O)[C@H]3O)c2n1. The minimum Gasteiger partial charge on any atom is -0.388 e. The maximum Gasteiger partial charge on any atom is 0.225 e. The van der Waals surface area contributed by atoms with E-state index in [9.17, 15) is 10.2 Å². The third-order valence-electron chi connectivity index (χ3n) is 3.35. The zero-order valence-electron chi connectivity index (χ0n) is 10.9. The highest BCUT2D eigenvalue weighted by atomic mass is 35.5. The molecule has 0 amide bonds. The lowest BCUT2D eigenvalue weighted by molar-refractivity contribution is -0.0299. The van der Waals surface area contributed by atoms with Crippen molar-refractivity contribution < 1.29 is 14.9 Å². The average molecular weight is 300 g/mol. The molecule has 0 radical (unpaired) electrons. The molecule has 3 heterocycles. The lowest BCUT2D eigenvalue weighted by Gasteiger charge is -2.16. The van der Waals surface area contributed by atoms with Gasteiger partial charge in [-0.1, -0.05) is 11.6 Å². The van der Waals surface area contributed by atoms with Gasteiger partial charge >= 0.3 is 0 Å². The van der Waals surface area contributed by atoms with Crippen molar-refractivity contribution >= 4 is 28.7 Å². The number of aromatic nitrogens is 4. The number of aliphatic hydroxyl groups is 2. The van der Waals surface area contributed by atoms with Crippen LogP contribution >= 0.6 is 11.6 Å². The molecule has 1 fully saturated rings. The number of imidazole rings is 1. The molecule has 0 aromatic carbocycles. The van der Waals surface area contributed by atoms with Crippen LogP contribution in [0.5, 0.6) is 0 Å². The zero-order chi connectivity index (χ0) is 14.4. The van der Waals surface area contributed by atoms with Crippen LogP contribution in [0.2, 0.25) is 5.15 Å². The highest BCUT2D eigenvalue weighted by Gasteiger charge is 2.42. The van der Waals surface area contributed by atoms with E-state index in [1.54, 1.807) is 18.5 Å². The summed E-state index contributed by atoms with van der Waals surface area (Å²) in [6.07, 6.45) is -1.80. The molecule has 3 rings (SSSR count). The van der Waals surface area contributed by atoms with Gasteiger partial charge in [0.25, 0.3) is 0 Å². The van der Waals surface area contributed by atoms with E-state index in [-0.39, 0.29) is 5.15 Å². The highest BCUT2D eigenvalue weighted by molar-refractivity contribution is 6.33. The van der Waals surface area contributed by atoms with Crippen molar-refractivity contribution in [1.82, 2.24) is 19.5 Å². The molecule has 2 aromatic rings. The normalized spacial score (nSPS) is 30.1. The molecule has 8 nitrogen and oxygen atoms in total. The van der Waals surface area contributed by atoms with Crippen LogP contribution in [0.4, 0.5) is 5.95 Å². The highest BCUT2D eigenvalue weighted by Crippen LogP contribution is 2.32. The Balaban J connectivity index is 2.11. The Labute approximate surface area is 119 Å². The molecule has 108 valence electrons. The molecule has 9 heteroatoms. The molecule has 1 aliphatic rings. The van der Waals surface area contributed by atoms with E-state index < -0.39 is 24.5 Å². The topological polar surface area (TPSA) is 105 Å². The van der Waals surface area contributed by atoms with Crippen LogP contribution in [0.1, 0.15) is 13.2 Å². The molecule has 0 bridgehead atoms. The first-order chi connectivity index (χ1) is 9.52. The molecular weight excluding hydrogens is 286 g/mol. The van der Waals surface area contributed by atoms with Gasteiger partial charge in [-0.2, -0.15) is 9.97 Å². The molecule has 0 aliphatic carbocycles. The fraction of sp³-hybridized carbons (Fsp3) is 0.545. The van der Waals surface area contributed by atoms with Gasteiger partial charge in [-0.15, -0.1) is 0 Å². The quantitative estimate of drug-likeness (QED) is 0.678. The second-order valence-corrected chi connectivity index (χ2v) is 4.98. The Bertz CT molecular complexity index is 648. The maximum atomic E-state index is 10.0. The van der Waals surface area contributed by atoms with Crippen molar-refractivity contribution in [3.8, 4) is 0 Å². The molecule has 20 heavy (non-hydrogen) atoms. The van der Waals surface area contributed by atoms with Crippen LogP contribution < -0.4 is 5.32 Å². The Morgan fingerprint density at radius 2 is 2.10 bits per heavy atom. The van der Waals surface area contributed by atoms with Gasteiger partial charge < -0.3 is 20.3 Å². The number of hydrogen-bond donors (Lipinski definition) is 3. The Hall–Kier alpha value is -1.48. The summed E-state index contributed by atoms with van der Waals surface area (Å²) in [5.41, 5.74) is 0.843. The van der Waals surface area contributed by atoms with Gasteiger partial charge in [0.05, 0.1) is 12.4 Å². The van der Waals surface area contributed by atoms with Crippen molar-refractivity contribution in [2.24, 2.45) is 0 Å². The maximum absolute atomic E-state index is 10.0. The van der Waals surface area contributed by atoms with E-state index in [1.165, 1.54) is 6.33 Å². The van der Waals surface area contributed by atoms with Crippen LogP contribution in [0.25, 0.3) is 11.2 Å². The average Bonchev–Trinajstić information content (AvgIpc) is 2.96. The molecule has 0 unspecified atom stereocenters. The summed E-state index contributed by atoms with van der Waals surface area (Å²) >= 11 is 6.04. The second-order valence-electron chi connectivity index (χ2n) is 4.63. The summed E-state index contributed by atoms with van der Waals surface area (Å²) in [4.78, 5) is 12.4. The monoisotopic (exact) mass is 299 g/mol.